The van der Waals surface area contributed by atoms with Gasteiger partial charge >= 0.3 is 12.1 Å². The van der Waals surface area contributed by atoms with Gasteiger partial charge in [0.2, 0.25) is 0 Å². The number of halogens is 4. The minimum Gasteiger partial charge on any atom is -0.461 e. The van der Waals surface area contributed by atoms with Crippen LogP contribution in [0.5, 0.6) is 0 Å². The van der Waals surface area contributed by atoms with Gasteiger partial charge in [0.05, 0.1) is 23.5 Å². The Morgan fingerprint density at radius 3 is 2.52 bits per heavy atom. The molecule has 0 unspecified atom stereocenters. The van der Waals surface area contributed by atoms with E-state index in [4.69, 9.17) is 16.2 Å². The number of esters is 1. The summed E-state index contributed by atoms with van der Waals surface area (Å²) in [5, 5.41) is 3.77. The summed E-state index contributed by atoms with van der Waals surface area (Å²) < 4.78 is 44.7. The van der Waals surface area contributed by atoms with Gasteiger partial charge in [0, 0.05) is 4.47 Å². The Balaban J connectivity index is 2.72. The Bertz CT molecular complexity index is 849. The van der Waals surface area contributed by atoms with Crippen molar-refractivity contribution in [3.8, 4) is 5.69 Å². The van der Waals surface area contributed by atoms with Crippen LogP contribution < -0.4 is 11.5 Å². The Kier molecular flexibility index (Phi) is 5.07. The van der Waals surface area contributed by atoms with E-state index in [0.29, 0.717) is 0 Å². The van der Waals surface area contributed by atoms with E-state index in [1.165, 1.54) is 13.0 Å². The molecule has 25 heavy (non-hydrogen) atoms. The third-order valence-corrected chi connectivity index (χ3v) is 3.82. The second kappa shape index (κ2) is 6.75. The number of alkyl halides is 3. The van der Waals surface area contributed by atoms with Crippen molar-refractivity contribution in [2.75, 3.05) is 12.3 Å². The average molecular weight is 421 g/mol. The number of primary amides is 1. The molecule has 11 heteroatoms. The number of rotatable bonds is 4. The number of aromatic nitrogens is 2. The smallest absolute Gasteiger partial charge is 0.417 e. The molecular formula is C14H12BrF3N4O3. The van der Waals surface area contributed by atoms with E-state index < -0.39 is 29.3 Å². The van der Waals surface area contributed by atoms with E-state index in [9.17, 15) is 22.8 Å². The number of carbonyl (C=O) groups excluding carboxylic acids is 2. The van der Waals surface area contributed by atoms with Crippen molar-refractivity contribution >= 4 is 33.5 Å². The lowest BCUT2D eigenvalue weighted by molar-refractivity contribution is -0.138. The number of nitrogens with two attached hydrogens (primary N) is 2. The quantitative estimate of drug-likeness (QED) is 0.737. The number of nitrogen functional groups attached to an aromatic ring is 1. The normalized spacial score (nSPS) is 11.4. The van der Waals surface area contributed by atoms with E-state index in [2.05, 4.69) is 21.0 Å². The summed E-state index contributed by atoms with van der Waals surface area (Å²) in [5.41, 5.74) is 8.52. The molecule has 2 aromatic rings. The van der Waals surface area contributed by atoms with E-state index >= 15 is 0 Å². The van der Waals surface area contributed by atoms with Crippen molar-refractivity contribution in [2.24, 2.45) is 5.73 Å². The molecule has 0 saturated carbocycles. The maximum Gasteiger partial charge on any atom is 0.417 e. The van der Waals surface area contributed by atoms with Gasteiger partial charge in [-0.2, -0.15) is 18.3 Å². The van der Waals surface area contributed by atoms with Crippen LogP contribution in [0, 0.1) is 0 Å². The Hall–Kier alpha value is -2.56. The van der Waals surface area contributed by atoms with Crippen molar-refractivity contribution in [1.29, 1.82) is 0 Å². The molecule has 1 heterocycles. The second-order valence-corrected chi connectivity index (χ2v) is 5.62. The highest BCUT2D eigenvalue weighted by molar-refractivity contribution is 9.10. The molecule has 4 N–H and O–H groups in total. The zero-order chi connectivity index (χ0) is 18.9. The fraction of sp³-hybridized carbons (Fsp3) is 0.214. The minimum atomic E-state index is -4.65. The predicted octanol–water partition coefficient (Wildman–Crippen LogP) is 2.51. The van der Waals surface area contributed by atoms with Crippen molar-refractivity contribution in [3.05, 3.63) is 39.6 Å². The molecule has 0 spiro atoms. The summed E-state index contributed by atoms with van der Waals surface area (Å²) in [4.78, 5) is 23.5. The van der Waals surface area contributed by atoms with Crippen LogP contribution in [0.4, 0.5) is 18.9 Å². The summed E-state index contributed by atoms with van der Waals surface area (Å²) in [5.74, 6) is -1.98. The molecule has 0 aliphatic rings. The molecular weight excluding hydrogens is 409 g/mol. The Labute approximate surface area is 147 Å². The van der Waals surface area contributed by atoms with E-state index in [-0.39, 0.29) is 28.1 Å². The summed E-state index contributed by atoms with van der Waals surface area (Å²) in [6.07, 6.45) is -4.65. The number of anilines is 1. The molecule has 1 aromatic heterocycles. The molecule has 7 nitrogen and oxygen atoms in total. The van der Waals surface area contributed by atoms with Crippen molar-refractivity contribution < 1.29 is 27.5 Å². The zero-order valence-corrected chi connectivity index (χ0v) is 14.3. The molecule has 0 saturated heterocycles. The lowest BCUT2D eigenvalue weighted by Crippen LogP contribution is -2.15. The van der Waals surface area contributed by atoms with Gasteiger partial charge in [-0.3, -0.25) is 4.79 Å². The lowest BCUT2D eigenvalue weighted by atomic mass is 10.2. The van der Waals surface area contributed by atoms with Gasteiger partial charge in [-0.05, 0) is 25.1 Å². The first-order chi connectivity index (χ1) is 11.6. The number of hydrogen-bond acceptors (Lipinski definition) is 5. The number of amides is 1. The third-order valence-electron chi connectivity index (χ3n) is 3.12. The fourth-order valence-corrected chi connectivity index (χ4v) is 2.53. The summed E-state index contributed by atoms with van der Waals surface area (Å²) >= 11 is 2.81. The van der Waals surface area contributed by atoms with Crippen LogP contribution in [-0.2, 0) is 10.9 Å². The fourth-order valence-electron chi connectivity index (χ4n) is 2.06. The maximum absolute atomic E-state index is 13.1. The van der Waals surface area contributed by atoms with Gasteiger partial charge in [0.1, 0.15) is 0 Å². The van der Waals surface area contributed by atoms with Gasteiger partial charge in [-0.15, -0.1) is 0 Å². The van der Waals surface area contributed by atoms with Gasteiger partial charge in [-0.1, -0.05) is 15.9 Å². The lowest BCUT2D eigenvalue weighted by Gasteiger charge is -2.12. The highest BCUT2D eigenvalue weighted by atomic mass is 79.9. The molecule has 0 atom stereocenters. The summed E-state index contributed by atoms with van der Waals surface area (Å²) in [6.45, 7) is 1.52. The number of hydrogen-bond donors (Lipinski definition) is 2. The monoisotopic (exact) mass is 420 g/mol. The average Bonchev–Trinajstić information content (AvgIpc) is 2.84. The maximum atomic E-state index is 13.1. The van der Waals surface area contributed by atoms with Crippen molar-refractivity contribution in [3.63, 3.8) is 0 Å². The van der Waals surface area contributed by atoms with E-state index in [1.807, 2.05) is 0 Å². The number of nitrogens with zero attached hydrogens (tertiary/aromatic N) is 2. The summed E-state index contributed by atoms with van der Waals surface area (Å²) in [6, 6.07) is 3.15. The molecule has 0 radical (unpaired) electrons. The zero-order valence-electron chi connectivity index (χ0n) is 12.7. The van der Waals surface area contributed by atoms with Crippen LogP contribution in [0.1, 0.15) is 33.5 Å². The third kappa shape index (κ3) is 3.60. The molecule has 1 aromatic carbocycles. The van der Waals surface area contributed by atoms with Crippen LogP contribution in [-0.4, -0.2) is 28.3 Å². The van der Waals surface area contributed by atoms with Crippen molar-refractivity contribution in [1.82, 2.24) is 9.78 Å². The number of benzene rings is 1. The first-order valence-electron chi connectivity index (χ1n) is 6.80. The van der Waals surface area contributed by atoms with Crippen LogP contribution in [0.25, 0.3) is 5.69 Å². The van der Waals surface area contributed by atoms with Gasteiger partial charge in [0.15, 0.2) is 11.4 Å². The second-order valence-electron chi connectivity index (χ2n) is 4.77. The van der Waals surface area contributed by atoms with Gasteiger partial charge < -0.3 is 16.2 Å². The molecule has 134 valence electrons. The molecule has 2 rings (SSSR count). The van der Waals surface area contributed by atoms with Crippen LogP contribution in [0.2, 0.25) is 0 Å². The first kappa shape index (κ1) is 18.8. The van der Waals surface area contributed by atoms with Crippen molar-refractivity contribution in [2.45, 2.75) is 13.1 Å². The topological polar surface area (TPSA) is 113 Å². The number of carbonyl (C=O) groups is 2. The van der Waals surface area contributed by atoms with E-state index in [1.54, 1.807) is 0 Å². The SMILES string of the molecule is CCOC(=O)c1c(N)c(C(N)=O)nn1-c1ccc(Br)c(C(F)(F)F)c1. The largest absolute Gasteiger partial charge is 0.461 e. The molecule has 0 aliphatic carbocycles. The summed E-state index contributed by atoms with van der Waals surface area (Å²) in [7, 11) is 0. The minimum absolute atomic E-state index is 0.0104. The van der Waals surface area contributed by atoms with Crippen LogP contribution in [0.3, 0.4) is 0 Å². The molecule has 1 amide bonds. The molecule has 0 bridgehead atoms. The highest BCUT2D eigenvalue weighted by Crippen LogP contribution is 2.36. The predicted molar refractivity (Wildman–Crippen MR) is 85.2 cm³/mol. The van der Waals surface area contributed by atoms with E-state index in [0.717, 1.165) is 16.8 Å². The Morgan fingerprint density at radius 1 is 1.36 bits per heavy atom. The number of ether oxygens (including phenoxy) is 1. The Morgan fingerprint density at radius 2 is 2.00 bits per heavy atom. The molecule has 0 fully saturated rings. The standard InChI is InChI=1S/C14H12BrF3N4O3/c1-2-25-13(24)11-9(19)10(12(20)23)21-22(11)6-3-4-8(15)7(5-6)14(16,17)18/h3-5H,2,19H2,1H3,(H2,20,23). The first-order valence-corrected chi connectivity index (χ1v) is 7.59. The van der Waals surface area contributed by atoms with Crippen LogP contribution in [0.15, 0.2) is 22.7 Å². The van der Waals surface area contributed by atoms with Gasteiger partial charge in [0.25, 0.3) is 5.91 Å². The van der Waals surface area contributed by atoms with Crippen LogP contribution >= 0.6 is 15.9 Å². The highest BCUT2D eigenvalue weighted by Gasteiger charge is 2.34. The van der Waals surface area contributed by atoms with Gasteiger partial charge in [-0.25, -0.2) is 9.48 Å². The molecule has 0 aliphatic heterocycles.